The first-order valence-electron chi connectivity index (χ1n) is 10.7. The van der Waals surface area contributed by atoms with E-state index in [4.69, 9.17) is 5.73 Å². The number of rotatable bonds is 4. The molecule has 2 amide bonds. The Balaban J connectivity index is 1.42. The quantitative estimate of drug-likeness (QED) is 0.837. The molecule has 1 aliphatic heterocycles. The number of amides is 2. The zero-order chi connectivity index (χ0) is 20.1. The second kappa shape index (κ2) is 6.78. The largest absolute Gasteiger partial charge is 0.371 e. The van der Waals surface area contributed by atoms with Crippen molar-refractivity contribution in [1.29, 1.82) is 0 Å². The van der Waals surface area contributed by atoms with E-state index in [2.05, 4.69) is 31.0 Å². The van der Waals surface area contributed by atoms with Crippen LogP contribution in [0.5, 0.6) is 0 Å². The highest BCUT2D eigenvalue weighted by Gasteiger charge is 2.61. The van der Waals surface area contributed by atoms with Gasteiger partial charge in [0.2, 0.25) is 5.91 Å². The maximum Gasteiger partial charge on any atom is 0.251 e. The number of fused-ring (bicyclic) bond motifs is 2. The smallest absolute Gasteiger partial charge is 0.251 e. The highest BCUT2D eigenvalue weighted by Crippen LogP contribution is 2.65. The lowest BCUT2D eigenvalue weighted by atomic mass is 9.69. The Morgan fingerprint density at radius 2 is 1.86 bits per heavy atom. The summed E-state index contributed by atoms with van der Waals surface area (Å²) in [4.78, 5) is 26.6. The molecule has 2 aliphatic carbocycles. The van der Waals surface area contributed by atoms with Crippen molar-refractivity contribution < 1.29 is 9.59 Å². The minimum Gasteiger partial charge on any atom is -0.371 e. The van der Waals surface area contributed by atoms with E-state index in [0.717, 1.165) is 31.5 Å². The van der Waals surface area contributed by atoms with Crippen LogP contribution in [0.25, 0.3) is 0 Å². The second-order valence-electron chi connectivity index (χ2n) is 9.87. The van der Waals surface area contributed by atoms with Gasteiger partial charge in [-0.1, -0.05) is 20.8 Å². The predicted octanol–water partition coefficient (Wildman–Crippen LogP) is 3.33. The molecule has 2 saturated carbocycles. The van der Waals surface area contributed by atoms with Gasteiger partial charge in [0.05, 0.1) is 5.92 Å². The number of nitrogens with one attached hydrogen (secondary N) is 1. The van der Waals surface area contributed by atoms with Crippen LogP contribution in [-0.2, 0) is 4.79 Å². The fourth-order valence-electron chi connectivity index (χ4n) is 5.93. The fourth-order valence-corrected chi connectivity index (χ4v) is 5.93. The number of carbonyl (C=O) groups is 2. The highest BCUT2D eigenvalue weighted by atomic mass is 16.2. The number of primary amides is 1. The van der Waals surface area contributed by atoms with E-state index in [-0.39, 0.29) is 29.2 Å². The summed E-state index contributed by atoms with van der Waals surface area (Å²) in [6.45, 7) is 8.66. The van der Waals surface area contributed by atoms with Gasteiger partial charge >= 0.3 is 0 Å². The summed E-state index contributed by atoms with van der Waals surface area (Å²) < 4.78 is 0. The van der Waals surface area contributed by atoms with Crippen molar-refractivity contribution in [2.45, 2.75) is 58.9 Å². The van der Waals surface area contributed by atoms with Gasteiger partial charge in [-0.25, -0.2) is 0 Å². The number of anilines is 1. The maximum absolute atomic E-state index is 12.9. The lowest BCUT2D eigenvalue weighted by Gasteiger charge is -2.39. The van der Waals surface area contributed by atoms with E-state index in [1.165, 1.54) is 12.8 Å². The Bertz CT molecular complexity index is 773. The van der Waals surface area contributed by atoms with Crippen molar-refractivity contribution in [3.8, 4) is 0 Å². The van der Waals surface area contributed by atoms with Gasteiger partial charge in [0.25, 0.3) is 5.91 Å². The van der Waals surface area contributed by atoms with Crippen molar-refractivity contribution in [3.63, 3.8) is 0 Å². The third-order valence-corrected chi connectivity index (χ3v) is 8.42. The Kier molecular flexibility index (Phi) is 4.67. The Morgan fingerprint density at radius 1 is 1.14 bits per heavy atom. The number of benzene rings is 1. The normalized spacial score (nSPS) is 33.7. The van der Waals surface area contributed by atoms with Crippen LogP contribution < -0.4 is 16.0 Å². The first-order valence-corrected chi connectivity index (χ1v) is 10.7. The molecule has 0 radical (unpaired) electrons. The van der Waals surface area contributed by atoms with Gasteiger partial charge in [-0.05, 0) is 73.1 Å². The molecule has 3 fully saturated rings. The summed E-state index contributed by atoms with van der Waals surface area (Å²) in [5.41, 5.74) is 7.72. The molecule has 3 N–H and O–H groups in total. The minimum atomic E-state index is -0.219. The molecule has 152 valence electrons. The molecular formula is C23H33N3O2. The van der Waals surface area contributed by atoms with Crippen LogP contribution in [0.15, 0.2) is 24.3 Å². The van der Waals surface area contributed by atoms with Gasteiger partial charge in [-0.2, -0.15) is 0 Å². The summed E-state index contributed by atoms with van der Waals surface area (Å²) in [6, 6.07) is 8.04. The van der Waals surface area contributed by atoms with E-state index in [1.54, 1.807) is 0 Å². The summed E-state index contributed by atoms with van der Waals surface area (Å²) in [7, 11) is 0. The second-order valence-corrected chi connectivity index (χ2v) is 9.87. The average molecular weight is 384 g/mol. The lowest BCUT2D eigenvalue weighted by Crippen LogP contribution is -2.46. The molecule has 4 rings (SSSR count). The molecule has 1 saturated heterocycles. The van der Waals surface area contributed by atoms with Crippen molar-refractivity contribution in [2.75, 3.05) is 18.0 Å². The van der Waals surface area contributed by atoms with Crippen LogP contribution in [0.4, 0.5) is 5.69 Å². The van der Waals surface area contributed by atoms with E-state index < -0.39 is 0 Å². The van der Waals surface area contributed by atoms with Crippen LogP contribution in [0.3, 0.4) is 0 Å². The van der Waals surface area contributed by atoms with Gasteiger partial charge in [-0.3, -0.25) is 9.59 Å². The Morgan fingerprint density at radius 3 is 2.43 bits per heavy atom. The van der Waals surface area contributed by atoms with Crippen LogP contribution >= 0.6 is 0 Å². The molecule has 3 aliphatic rings. The number of piperidine rings is 1. The molecule has 0 unspecified atom stereocenters. The van der Waals surface area contributed by atoms with Crippen molar-refractivity contribution in [1.82, 2.24) is 5.32 Å². The molecule has 5 heteroatoms. The molecule has 0 aromatic heterocycles. The maximum atomic E-state index is 12.9. The Labute approximate surface area is 168 Å². The summed E-state index contributed by atoms with van der Waals surface area (Å²) in [6.07, 6.45) is 5.41. The number of nitrogens with zero attached hydrogens (tertiary/aromatic N) is 1. The standard InChI is InChI=1S/C23H33N3O2/c1-22(2)17-10-11-23(22,3)19(13-17)25-21(28)15-6-8-18(9-7-15)26-12-4-5-16(14-26)20(24)27/h6-9,16-17,19H,4-5,10-14H2,1-3H3,(H2,24,27)(H,25,28)/t16-,17+,19+,23+/m1/s1. The number of hydrogen-bond acceptors (Lipinski definition) is 3. The van der Waals surface area contributed by atoms with Gasteiger partial charge < -0.3 is 16.0 Å². The topological polar surface area (TPSA) is 75.4 Å². The predicted molar refractivity (Wildman–Crippen MR) is 111 cm³/mol. The summed E-state index contributed by atoms with van der Waals surface area (Å²) >= 11 is 0. The lowest BCUT2D eigenvalue weighted by molar-refractivity contribution is -0.122. The summed E-state index contributed by atoms with van der Waals surface area (Å²) in [5, 5.41) is 3.33. The zero-order valence-electron chi connectivity index (χ0n) is 17.3. The molecule has 4 atom stereocenters. The third-order valence-electron chi connectivity index (χ3n) is 8.42. The molecular weight excluding hydrogens is 350 g/mol. The van der Waals surface area contributed by atoms with Gasteiger partial charge in [0.15, 0.2) is 0 Å². The summed E-state index contributed by atoms with van der Waals surface area (Å²) in [5.74, 6) is 0.429. The molecule has 28 heavy (non-hydrogen) atoms. The zero-order valence-corrected chi connectivity index (χ0v) is 17.3. The molecule has 5 nitrogen and oxygen atoms in total. The number of nitrogens with two attached hydrogens (primary N) is 1. The molecule has 1 aromatic rings. The van der Waals surface area contributed by atoms with Crippen LogP contribution in [0.1, 0.15) is 63.2 Å². The molecule has 2 bridgehead atoms. The van der Waals surface area contributed by atoms with Gasteiger partial charge in [0.1, 0.15) is 0 Å². The first kappa shape index (κ1) is 19.3. The molecule has 1 aromatic carbocycles. The van der Waals surface area contributed by atoms with E-state index >= 15 is 0 Å². The highest BCUT2D eigenvalue weighted by molar-refractivity contribution is 5.94. The van der Waals surface area contributed by atoms with Crippen molar-refractivity contribution >= 4 is 17.5 Å². The number of hydrogen-bond donors (Lipinski definition) is 2. The Hall–Kier alpha value is -2.04. The average Bonchev–Trinajstić information content (AvgIpc) is 3.01. The van der Waals surface area contributed by atoms with E-state index in [0.29, 0.717) is 23.4 Å². The van der Waals surface area contributed by atoms with E-state index in [1.807, 2.05) is 24.3 Å². The van der Waals surface area contributed by atoms with Crippen molar-refractivity contribution in [2.24, 2.45) is 28.4 Å². The minimum absolute atomic E-state index is 0.0229. The van der Waals surface area contributed by atoms with Gasteiger partial charge in [-0.15, -0.1) is 0 Å². The van der Waals surface area contributed by atoms with E-state index in [9.17, 15) is 9.59 Å². The van der Waals surface area contributed by atoms with Crippen molar-refractivity contribution in [3.05, 3.63) is 29.8 Å². The van der Waals surface area contributed by atoms with Gasteiger partial charge in [0, 0.05) is 30.4 Å². The number of carbonyl (C=O) groups excluding carboxylic acids is 2. The fraction of sp³-hybridized carbons (Fsp3) is 0.652. The monoisotopic (exact) mass is 383 g/mol. The third kappa shape index (κ3) is 2.99. The van der Waals surface area contributed by atoms with Crippen LogP contribution in [-0.4, -0.2) is 30.9 Å². The first-order chi connectivity index (χ1) is 13.2. The van der Waals surface area contributed by atoms with Crippen LogP contribution in [0.2, 0.25) is 0 Å². The SMILES string of the molecule is CC1(C)[C@H]2CC[C@@]1(C)[C@@H](NC(=O)c1ccc(N3CCC[C@@H](C(N)=O)C3)cc1)C2. The molecule has 0 spiro atoms. The van der Waals surface area contributed by atoms with Crippen LogP contribution in [0, 0.1) is 22.7 Å². The molecule has 1 heterocycles.